The maximum atomic E-state index is 4.94. The van der Waals surface area contributed by atoms with Crippen LogP contribution >= 0.6 is 12.2 Å². The van der Waals surface area contributed by atoms with E-state index in [-0.39, 0.29) is 28.8 Å². The van der Waals surface area contributed by atoms with Crippen molar-refractivity contribution in [1.29, 1.82) is 0 Å². The van der Waals surface area contributed by atoms with Crippen LogP contribution in [0.15, 0.2) is 28.0 Å². The van der Waals surface area contributed by atoms with Gasteiger partial charge in [-0.15, -0.1) is 0 Å². The Balaban J connectivity index is 0. The molecule has 0 aliphatic rings. The van der Waals surface area contributed by atoms with E-state index in [4.69, 9.17) is 30.0 Å². The van der Waals surface area contributed by atoms with Crippen LogP contribution in [0, 0.1) is 6.92 Å². The molecule has 0 fully saturated rings. The van der Waals surface area contributed by atoms with Gasteiger partial charge in [0.2, 0.25) is 0 Å². The van der Waals surface area contributed by atoms with Gasteiger partial charge in [0.15, 0.2) is 0 Å². The Kier molecular flexibility index (Phi) is 14.6. The first-order chi connectivity index (χ1) is 7.97. The third kappa shape index (κ3) is 11.7. The summed E-state index contributed by atoms with van der Waals surface area (Å²) < 4.78 is 5.06. The molecule has 0 bridgehead atoms. The Morgan fingerprint density at radius 2 is 1.89 bits per heavy atom. The smallest absolute Gasteiger partial charge is 0.781 e. The summed E-state index contributed by atoms with van der Waals surface area (Å²) in [4.78, 5) is 1.56. The Labute approximate surface area is 149 Å². The van der Waals surface area contributed by atoms with Crippen molar-refractivity contribution in [3.05, 3.63) is 23.8 Å². The number of benzene rings is 1. The van der Waals surface area contributed by atoms with E-state index < -0.39 is 0 Å². The van der Waals surface area contributed by atoms with Crippen LogP contribution < -0.4 is 0 Å². The van der Waals surface area contributed by atoms with Gasteiger partial charge in [-0.25, -0.2) is 0 Å². The van der Waals surface area contributed by atoms with Crippen LogP contribution in [0.1, 0.15) is 25.3 Å². The molecular weight excluding hydrogens is 410 g/mol. The predicted molar refractivity (Wildman–Crippen MR) is 89.0 cm³/mol. The summed E-state index contributed by atoms with van der Waals surface area (Å²) in [5, 5.41) is 0. The molecule has 1 nitrogen and oxygen atoms in total. The minimum Gasteiger partial charge on any atom is -0.781 e. The molecule has 1 rings (SSSR count). The van der Waals surface area contributed by atoms with Gasteiger partial charge in [0.05, 0.1) is 6.61 Å². The topological polar surface area (TPSA) is 9.23 Å². The fourth-order valence-electron chi connectivity index (χ4n) is 0.915. The molecule has 2 radical (unpaired) electrons. The van der Waals surface area contributed by atoms with Crippen molar-refractivity contribution in [3.63, 3.8) is 0 Å². The third-order valence-corrected chi connectivity index (χ3v) is 2.88. The van der Waals surface area contributed by atoms with Crippen LogP contribution in [0.2, 0.25) is 0 Å². The van der Waals surface area contributed by atoms with Gasteiger partial charge < -0.3 is 54.8 Å². The summed E-state index contributed by atoms with van der Waals surface area (Å²) in [7, 11) is 0. The van der Waals surface area contributed by atoms with Crippen molar-refractivity contribution in [2.24, 2.45) is 0 Å². The quantitative estimate of drug-likeness (QED) is 0.318. The van der Waals surface area contributed by atoms with Crippen LogP contribution in [0.5, 0.6) is 0 Å². The van der Waals surface area contributed by atoms with Gasteiger partial charge in [-0.2, -0.15) is 9.79 Å². The molecule has 0 amide bonds. The van der Waals surface area contributed by atoms with E-state index in [1.807, 2.05) is 25.1 Å². The number of thiocarbonyl (C=S) groups is 1. The van der Waals surface area contributed by atoms with Crippen molar-refractivity contribution in [1.82, 2.24) is 0 Å². The van der Waals surface area contributed by atoms with Gasteiger partial charge >= 0.3 is 24.4 Å². The van der Waals surface area contributed by atoms with Crippen LogP contribution in [0.4, 0.5) is 0 Å². The number of rotatable bonds is 3. The summed E-state index contributed by atoms with van der Waals surface area (Å²) in [6.07, 6.45) is 2.16. The first kappa shape index (κ1) is 20.9. The molecule has 0 spiro atoms. The van der Waals surface area contributed by atoms with E-state index in [2.05, 4.69) is 31.8 Å². The molecule has 0 saturated heterocycles. The van der Waals surface area contributed by atoms with E-state index in [0.29, 0.717) is 6.61 Å². The van der Waals surface area contributed by atoms with Crippen LogP contribution in [-0.2, 0) is 42.6 Å². The fourth-order valence-corrected chi connectivity index (χ4v) is 1.46. The molecule has 0 unspecified atom stereocenters. The van der Waals surface area contributed by atoms with Crippen molar-refractivity contribution < 1.29 is 4.74 Å². The van der Waals surface area contributed by atoms with Gasteiger partial charge in [0.25, 0.3) is 0 Å². The number of hydrogen-bond donors (Lipinski definition) is 0. The van der Waals surface area contributed by atoms with Crippen molar-refractivity contribution in [2.75, 3.05) is 6.61 Å². The number of hydrogen-bond acceptors (Lipinski definition) is 5. The minimum absolute atomic E-state index is 0. The zero-order valence-corrected chi connectivity index (χ0v) is 16.2. The largest absolute Gasteiger partial charge is 3.00 e. The Morgan fingerprint density at radius 1 is 1.28 bits per heavy atom. The van der Waals surface area contributed by atoms with Gasteiger partial charge in [-0.3, -0.25) is 0 Å². The van der Waals surface area contributed by atoms with Crippen molar-refractivity contribution >= 4 is 78.9 Å². The molecular formula is C12H15OS4Sb. The molecule has 0 heterocycles. The molecule has 98 valence electrons. The van der Waals surface area contributed by atoms with Gasteiger partial charge in [0.1, 0.15) is 0 Å². The monoisotopic (exact) mass is 424 g/mol. The van der Waals surface area contributed by atoms with E-state index in [1.165, 1.54) is 5.56 Å². The molecule has 0 N–H and O–H groups in total. The summed E-state index contributed by atoms with van der Waals surface area (Å²) in [6, 6.07) is 5.75. The maximum absolute atomic E-state index is 4.94. The van der Waals surface area contributed by atoms with E-state index in [1.54, 1.807) is 0 Å². The maximum Gasteiger partial charge on any atom is 3.00 e. The van der Waals surface area contributed by atoms with Gasteiger partial charge in [-0.05, 0) is 13.3 Å². The van der Waals surface area contributed by atoms with Crippen molar-refractivity contribution in [3.8, 4) is 0 Å². The SMILES string of the molecule is CCCCOC(=S)[S-].Cc1ccc([S-])c([S-])c1.[Sb+3]. The molecule has 0 aliphatic heterocycles. The molecule has 6 heteroatoms. The first-order valence-electron chi connectivity index (χ1n) is 5.25. The number of unbranched alkanes of at least 4 members (excludes halogenated alkanes) is 1. The minimum atomic E-state index is 0. The van der Waals surface area contributed by atoms with Crippen LogP contribution in [-0.4, -0.2) is 35.4 Å². The molecule has 18 heavy (non-hydrogen) atoms. The average Bonchev–Trinajstić information content (AvgIpc) is 2.25. The molecule has 0 aromatic heterocycles. The summed E-state index contributed by atoms with van der Waals surface area (Å²) in [5.41, 5.74) is 1.17. The van der Waals surface area contributed by atoms with E-state index in [9.17, 15) is 0 Å². The molecule has 0 saturated carbocycles. The number of ether oxygens (including phenoxy) is 1. The summed E-state index contributed by atoms with van der Waals surface area (Å²) >= 11 is 18.8. The van der Waals surface area contributed by atoms with Gasteiger partial charge in [-0.1, -0.05) is 37.1 Å². The molecule has 0 atom stereocenters. The van der Waals surface area contributed by atoms with E-state index in [0.717, 1.165) is 22.6 Å². The van der Waals surface area contributed by atoms with Crippen LogP contribution in [0.25, 0.3) is 0 Å². The van der Waals surface area contributed by atoms with Crippen LogP contribution in [0.3, 0.4) is 0 Å². The normalized spacial score (nSPS) is 8.56. The number of aryl methyl sites for hydroxylation is 1. The second kappa shape index (κ2) is 12.6. The Morgan fingerprint density at radius 3 is 2.28 bits per heavy atom. The Hall–Kier alpha value is 0.588. The Bertz CT molecular complexity index is 358. The summed E-state index contributed by atoms with van der Waals surface area (Å²) in [5.74, 6) is 0. The van der Waals surface area contributed by atoms with E-state index >= 15 is 0 Å². The van der Waals surface area contributed by atoms with Gasteiger partial charge in [0, 0.05) is 4.38 Å². The first-order valence-corrected chi connectivity index (χ1v) is 6.89. The standard InChI is InChI=1S/C7H8S2.C5H10OS2.Sb/c1-5-2-3-6(8)7(9)4-5;1-2-3-4-6-5(7)8;/h2-4,8-9H,1H3;2-4H2,1H3,(H,7,8);/q;;+3/p-3. The molecule has 0 aliphatic carbocycles. The second-order valence-corrected chi connectivity index (χ2v) is 5.28. The molecule has 1 aromatic carbocycles. The predicted octanol–water partition coefficient (Wildman–Crippen LogP) is 3.06. The summed E-state index contributed by atoms with van der Waals surface area (Å²) in [6.45, 7) is 4.78. The zero-order valence-electron chi connectivity index (χ0n) is 10.3. The fraction of sp³-hybridized carbons (Fsp3) is 0.417. The molecule has 1 aromatic rings. The zero-order chi connectivity index (χ0) is 13.3. The van der Waals surface area contributed by atoms with Crippen molar-refractivity contribution in [2.45, 2.75) is 36.5 Å². The second-order valence-electron chi connectivity index (χ2n) is 3.40. The average molecular weight is 425 g/mol. The third-order valence-electron chi connectivity index (χ3n) is 1.82.